The summed E-state index contributed by atoms with van der Waals surface area (Å²) >= 11 is 0. The maximum absolute atomic E-state index is 12.3. The second-order valence-corrected chi connectivity index (χ2v) is 5.92. The van der Waals surface area contributed by atoms with Gasteiger partial charge in [0.25, 0.3) is 0 Å². The number of carbonyl (C=O) groups is 1. The standard InChI is InChI=1S/C9H9F3N2O4S/c10-9(11,12)6-3-5(4-13-6)19(17,18)14-8(1-2-8)7(15)16/h3-4,13-14H,1-2H2,(H,15,16). The fraction of sp³-hybridized carbons (Fsp3) is 0.444. The van der Waals surface area contributed by atoms with Crippen molar-refractivity contribution in [3.8, 4) is 0 Å². The Morgan fingerprint density at radius 2 is 2.00 bits per heavy atom. The van der Waals surface area contributed by atoms with E-state index in [0.717, 1.165) is 0 Å². The van der Waals surface area contributed by atoms with Gasteiger partial charge >= 0.3 is 12.1 Å². The largest absolute Gasteiger partial charge is 0.480 e. The Kier molecular flexibility index (Phi) is 2.90. The van der Waals surface area contributed by atoms with E-state index in [1.807, 2.05) is 4.72 Å². The van der Waals surface area contributed by atoms with Crippen molar-refractivity contribution in [3.63, 3.8) is 0 Å². The Balaban J connectivity index is 2.26. The highest BCUT2D eigenvalue weighted by atomic mass is 32.2. The molecule has 19 heavy (non-hydrogen) atoms. The highest BCUT2D eigenvalue weighted by molar-refractivity contribution is 7.89. The lowest BCUT2D eigenvalue weighted by Crippen LogP contribution is -2.42. The minimum absolute atomic E-state index is 0.109. The van der Waals surface area contributed by atoms with E-state index in [0.29, 0.717) is 12.3 Å². The molecular formula is C9H9F3N2O4S. The smallest absolute Gasteiger partial charge is 0.431 e. The third kappa shape index (κ3) is 2.59. The zero-order valence-corrected chi connectivity index (χ0v) is 10.1. The van der Waals surface area contributed by atoms with E-state index in [-0.39, 0.29) is 12.8 Å². The van der Waals surface area contributed by atoms with Gasteiger partial charge in [-0.25, -0.2) is 8.42 Å². The molecule has 0 aliphatic heterocycles. The predicted molar refractivity (Wildman–Crippen MR) is 55.7 cm³/mol. The molecule has 1 heterocycles. The van der Waals surface area contributed by atoms with Crippen LogP contribution in [0.1, 0.15) is 18.5 Å². The molecule has 10 heteroatoms. The molecular weight excluding hydrogens is 289 g/mol. The fourth-order valence-electron chi connectivity index (χ4n) is 1.49. The lowest BCUT2D eigenvalue weighted by molar-refractivity contribution is -0.141. The highest BCUT2D eigenvalue weighted by Gasteiger charge is 2.53. The summed E-state index contributed by atoms with van der Waals surface area (Å²) in [6.07, 6.45) is -3.81. The number of aliphatic carboxylic acids is 1. The molecule has 6 nitrogen and oxygen atoms in total. The highest BCUT2D eigenvalue weighted by Crippen LogP contribution is 2.37. The van der Waals surface area contributed by atoms with Crippen LogP contribution in [-0.2, 0) is 21.0 Å². The van der Waals surface area contributed by atoms with Crippen molar-refractivity contribution >= 4 is 16.0 Å². The molecule has 1 aromatic heterocycles. The van der Waals surface area contributed by atoms with Gasteiger partial charge in [-0.2, -0.15) is 17.9 Å². The van der Waals surface area contributed by atoms with Crippen molar-refractivity contribution in [1.29, 1.82) is 0 Å². The number of carboxylic acids is 1. The van der Waals surface area contributed by atoms with Crippen LogP contribution in [0, 0.1) is 0 Å². The molecule has 0 bridgehead atoms. The summed E-state index contributed by atoms with van der Waals surface area (Å²) in [5, 5.41) is 8.83. The van der Waals surface area contributed by atoms with Gasteiger partial charge in [0.05, 0.1) is 0 Å². The number of rotatable bonds is 4. The Morgan fingerprint density at radius 1 is 1.42 bits per heavy atom. The summed E-state index contributed by atoms with van der Waals surface area (Å²) in [5.41, 5.74) is -2.80. The molecule has 0 unspecified atom stereocenters. The van der Waals surface area contributed by atoms with E-state index in [4.69, 9.17) is 5.11 Å². The number of aromatic amines is 1. The molecule has 3 N–H and O–H groups in total. The average molecular weight is 298 g/mol. The minimum Gasteiger partial charge on any atom is -0.480 e. The van der Waals surface area contributed by atoms with Crippen molar-refractivity contribution in [1.82, 2.24) is 9.71 Å². The van der Waals surface area contributed by atoms with E-state index < -0.39 is 38.3 Å². The molecule has 2 rings (SSSR count). The Bertz CT molecular complexity index is 616. The summed E-state index contributed by atoms with van der Waals surface area (Å²) in [7, 11) is -4.30. The van der Waals surface area contributed by atoms with Gasteiger partial charge in [-0.05, 0) is 18.9 Å². The number of nitrogens with one attached hydrogen (secondary N) is 2. The van der Waals surface area contributed by atoms with Crippen LogP contribution in [0.3, 0.4) is 0 Å². The first-order chi connectivity index (χ1) is 8.57. The number of aromatic nitrogens is 1. The summed E-state index contributed by atoms with van der Waals surface area (Å²) in [4.78, 5) is 12.0. The summed E-state index contributed by atoms with van der Waals surface area (Å²) in [5.74, 6) is -1.34. The van der Waals surface area contributed by atoms with E-state index in [1.54, 1.807) is 4.98 Å². The maximum atomic E-state index is 12.3. The van der Waals surface area contributed by atoms with E-state index >= 15 is 0 Å². The minimum atomic E-state index is -4.70. The maximum Gasteiger partial charge on any atom is 0.431 e. The topological polar surface area (TPSA) is 99.3 Å². The molecule has 0 spiro atoms. The predicted octanol–water partition coefficient (Wildman–Crippen LogP) is 0.929. The van der Waals surface area contributed by atoms with Crippen LogP contribution in [0.5, 0.6) is 0 Å². The van der Waals surface area contributed by atoms with Crippen LogP contribution < -0.4 is 4.72 Å². The molecule has 0 aromatic carbocycles. The second kappa shape index (κ2) is 3.97. The third-order valence-electron chi connectivity index (χ3n) is 2.76. The fourth-order valence-corrected chi connectivity index (χ4v) is 2.90. The van der Waals surface area contributed by atoms with Crippen LogP contribution in [-0.4, -0.2) is 30.0 Å². The Morgan fingerprint density at radius 3 is 2.37 bits per heavy atom. The van der Waals surface area contributed by atoms with Gasteiger partial charge in [0.2, 0.25) is 10.0 Å². The first-order valence-electron chi connectivity index (χ1n) is 5.10. The number of carboxylic acid groups (broad SMARTS) is 1. The number of alkyl halides is 3. The van der Waals surface area contributed by atoms with Crippen molar-refractivity contribution in [3.05, 3.63) is 18.0 Å². The zero-order chi connectivity index (χ0) is 14.5. The first-order valence-corrected chi connectivity index (χ1v) is 6.58. The molecule has 0 saturated heterocycles. The van der Waals surface area contributed by atoms with Crippen molar-refractivity contribution in [2.24, 2.45) is 0 Å². The van der Waals surface area contributed by atoms with Gasteiger partial charge in [-0.1, -0.05) is 0 Å². The second-order valence-electron chi connectivity index (χ2n) is 4.24. The lowest BCUT2D eigenvalue weighted by Gasteiger charge is -2.11. The zero-order valence-electron chi connectivity index (χ0n) is 9.28. The van der Waals surface area contributed by atoms with Gasteiger partial charge in [-0.3, -0.25) is 4.79 Å². The monoisotopic (exact) mass is 298 g/mol. The van der Waals surface area contributed by atoms with Gasteiger partial charge in [0.1, 0.15) is 16.1 Å². The molecule has 1 aliphatic rings. The normalized spacial score (nSPS) is 18.3. The molecule has 1 aromatic rings. The van der Waals surface area contributed by atoms with Gasteiger partial charge in [-0.15, -0.1) is 0 Å². The van der Waals surface area contributed by atoms with Crippen LogP contribution in [0.4, 0.5) is 13.2 Å². The molecule has 1 aliphatic carbocycles. The number of H-pyrrole nitrogens is 1. The number of hydrogen-bond acceptors (Lipinski definition) is 3. The van der Waals surface area contributed by atoms with Crippen LogP contribution in [0.2, 0.25) is 0 Å². The van der Waals surface area contributed by atoms with Crippen molar-refractivity contribution < 1.29 is 31.5 Å². The summed E-state index contributed by atoms with van der Waals surface area (Å²) in [6, 6.07) is 0.417. The SMILES string of the molecule is O=C(O)C1(NS(=O)(=O)c2c[nH]c(C(F)(F)F)c2)CC1. The molecule has 106 valence electrons. The quantitative estimate of drug-likeness (QED) is 0.770. The van der Waals surface area contributed by atoms with Crippen molar-refractivity contribution in [2.75, 3.05) is 0 Å². The van der Waals surface area contributed by atoms with Crippen LogP contribution in [0.15, 0.2) is 17.2 Å². The van der Waals surface area contributed by atoms with Gasteiger partial charge in [0.15, 0.2) is 0 Å². The molecule has 1 fully saturated rings. The summed E-state index contributed by atoms with van der Waals surface area (Å²) < 4.78 is 62.4. The molecule has 1 saturated carbocycles. The average Bonchev–Trinajstić information content (AvgIpc) is 2.83. The molecule has 0 atom stereocenters. The Hall–Kier alpha value is -1.55. The van der Waals surface area contributed by atoms with E-state index in [1.165, 1.54) is 0 Å². The molecule has 0 radical (unpaired) electrons. The van der Waals surface area contributed by atoms with Crippen LogP contribution in [0.25, 0.3) is 0 Å². The number of sulfonamides is 1. The van der Waals surface area contributed by atoms with Gasteiger partial charge in [0, 0.05) is 6.20 Å². The number of hydrogen-bond donors (Lipinski definition) is 3. The number of halogens is 3. The van der Waals surface area contributed by atoms with Crippen molar-refractivity contribution in [2.45, 2.75) is 29.5 Å². The van der Waals surface area contributed by atoms with Crippen LogP contribution >= 0.6 is 0 Å². The van der Waals surface area contributed by atoms with E-state index in [2.05, 4.69) is 0 Å². The Labute approximate surface area is 105 Å². The summed E-state index contributed by atoms with van der Waals surface area (Å²) in [6.45, 7) is 0. The first kappa shape index (κ1) is 13.9. The molecule has 0 amide bonds. The van der Waals surface area contributed by atoms with Gasteiger partial charge < -0.3 is 10.1 Å². The van der Waals surface area contributed by atoms with E-state index in [9.17, 15) is 26.4 Å². The lowest BCUT2D eigenvalue weighted by atomic mass is 10.3. The third-order valence-corrected chi connectivity index (χ3v) is 4.28.